The monoisotopic (exact) mass is 449 g/mol. The van der Waals surface area contributed by atoms with Gasteiger partial charge in [0.2, 0.25) is 0 Å². The number of halogens is 2. The molecule has 3 rings (SSSR count). The van der Waals surface area contributed by atoms with Gasteiger partial charge in [-0.2, -0.15) is 8.42 Å². The van der Waals surface area contributed by atoms with Crippen LogP contribution in [0.25, 0.3) is 0 Å². The first-order valence-electron chi connectivity index (χ1n) is 7.53. The lowest BCUT2D eigenvalue weighted by Gasteiger charge is -2.09. The van der Waals surface area contributed by atoms with Crippen molar-refractivity contribution in [2.45, 2.75) is 4.90 Å². The molecule has 26 heavy (non-hydrogen) atoms. The van der Waals surface area contributed by atoms with Crippen LogP contribution in [0.2, 0.25) is 5.02 Å². The molecule has 0 radical (unpaired) electrons. The zero-order chi connectivity index (χ0) is 18.6. The van der Waals surface area contributed by atoms with Crippen molar-refractivity contribution < 1.29 is 12.6 Å². The molecule has 0 aliphatic carbocycles. The van der Waals surface area contributed by atoms with E-state index >= 15 is 0 Å². The van der Waals surface area contributed by atoms with Crippen LogP contribution in [0.1, 0.15) is 5.56 Å². The summed E-state index contributed by atoms with van der Waals surface area (Å²) in [7, 11) is -3.94. The van der Waals surface area contributed by atoms with Crippen molar-refractivity contribution in [3.63, 3.8) is 0 Å². The molecule has 0 N–H and O–H groups in total. The predicted octanol–water partition coefficient (Wildman–Crippen LogP) is 5.62. The first kappa shape index (κ1) is 18.6. The maximum Gasteiger partial charge on any atom is 0.339 e. The Morgan fingerprint density at radius 2 is 1.65 bits per heavy atom. The molecule has 0 bridgehead atoms. The third kappa shape index (κ3) is 4.72. The van der Waals surface area contributed by atoms with Crippen LogP contribution in [-0.4, -0.2) is 14.6 Å². The average molecular weight is 451 g/mol. The van der Waals surface area contributed by atoms with Crippen LogP contribution >= 0.6 is 27.5 Å². The van der Waals surface area contributed by atoms with E-state index in [4.69, 9.17) is 15.8 Å². The fraction of sp³-hybridized carbons (Fsp3) is 0. The molecule has 0 spiro atoms. The number of benzene rings is 3. The molecule has 0 atom stereocenters. The summed E-state index contributed by atoms with van der Waals surface area (Å²) in [6, 6.07) is 20.3. The van der Waals surface area contributed by atoms with E-state index in [-0.39, 0.29) is 10.6 Å². The molecule has 132 valence electrons. The van der Waals surface area contributed by atoms with Crippen LogP contribution in [0.4, 0.5) is 5.69 Å². The van der Waals surface area contributed by atoms with Gasteiger partial charge in [0, 0.05) is 11.2 Å². The topological polar surface area (TPSA) is 55.7 Å². The lowest BCUT2D eigenvalue weighted by Crippen LogP contribution is -2.10. The molecule has 0 aromatic heterocycles. The summed E-state index contributed by atoms with van der Waals surface area (Å²) >= 11 is 9.12. The van der Waals surface area contributed by atoms with Gasteiger partial charge in [-0.05, 0) is 76.1 Å². The van der Waals surface area contributed by atoms with Crippen LogP contribution in [0.15, 0.2) is 87.2 Å². The van der Waals surface area contributed by atoms with Gasteiger partial charge in [0.25, 0.3) is 0 Å². The van der Waals surface area contributed by atoms with E-state index in [2.05, 4.69) is 20.9 Å². The molecule has 7 heteroatoms. The van der Waals surface area contributed by atoms with Gasteiger partial charge in [0.05, 0.1) is 10.2 Å². The highest BCUT2D eigenvalue weighted by Gasteiger charge is 2.18. The van der Waals surface area contributed by atoms with E-state index in [1.165, 1.54) is 24.3 Å². The highest BCUT2D eigenvalue weighted by Crippen LogP contribution is 2.29. The molecule has 0 unspecified atom stereocenters. The van der Waals surface area contributed by atoms with Crippen LogP contribution in [-0.2, 0) is 10.1 Å². The summed E-state index contributed by atoms with van der Waals surface area (Å²) in [5.41, 5.74) is 1.63. The Balaban J connectivity index is 1.79. The molecule has 0 aliphatic heterocycles. The quantitative estimate of drug-likeness (QED) is 0.374. The zero-order valence-corrected chi connectivity index (χ0v) is 16.5. The minimum absolute atomic E-state index is 0.0310. The van der Waals surface area contributed by atoms with Gasteiger partial charge in [-0.1, -0.05) is 29.8 Å². The Bertz CT molecular complexity index is 1040. The third-order valence-electron chi connectivity index (χ3n) is 3.38. The Morgan fingerprint density at radius 1 is 0.962 bits per heavy atom. The number of hydrogen-bond acceptors (Lipinski definition) is 4. The lowest BCUT2D eigenvalue weighted by atomic mass is 10.2. The van der Waals surface area contributed by atoms with Crippen molar-refractivity contribution in [2.75, 3.05) is 0 Å². The van der Waals surface area contributed by atoms with Gasteiger partial charge in [-0.15, -0.1) is 0 Å². The molecule has 3 aromatic rings. The Hall–Kier alpha value is -2.15. The van der Waals surface area contributed by atoms with E-state index in [1.54, 1.807) is 24.4 Å². The second kappa shape index (κ2) is 8.03. The maximum absolute atomic E-state index is 12.3. The van der Waals surface area contributed by atoms with E-state index in [0.717, 1.165) is 11.3 Å². The first-order chi connectivity index (χ1) is 12.4. The van der Waals surface area contributed by atoms with E-state index in [0.29, 0.717) is 9.50 Å². The fourth-order valence-corrected chi connectivity index (χ4v) is 3.75. The van der Waals surface area contributed by atoms with Gasteiger partial charge in [0.1, 0.15) is 4.90 Å². The number of rotatable bonds is 5. The second-order valence-corrected chi connectivity index (χ2v) is 8.11. The molecule has 3 aromatic carbocycles. The summed E-state index contributed by atoms with van der Waals surface area (Å²) in [5, 5.41) is 0.451. The first-order valence-corrected chi connectivity index (χ1v) is 10.1. The van der Waals surface area contributed by atoms with E-state index < -0.39 is 10.1 Å². The van der Waals surface area contributed by atoms with Gasteiger partial charge in [-0.25, -0.2) is 0 Å². The normalized spacial score (nSPS) is 11.6. The summed E-state index contributed by atoms with van der Waals surface area (Å²) in [5.74, 6) is 0.191. The molecule has 0 saturated heterocycles. The highest BCUT2D eigenvalue weighted by atomic mass is 79.9. The second-order valence-electron chi connectivity index (χ2n) is 5.27. The largest absolute Gasteiger partial charge is 0.378 e. The SMILES string of the molecule is O=S(=O)(Oc1ccc(C=Nc2ccccc2)cc1Br)c1ccc(Cl)cc1. The van der Waals surface area contributed by atoms with Crippen molar-refractivity contribution in [3.05, 3.63) is 87.9 Å². The van der Waals surface area contributed by atoms with Crippen LogP contribution < -0.4 is 4.18 Å². The Morgan fingerprint density at radius 3 is 2.31 bits per heavy atom. The standard InChI is InChI=1S/C19H13BrClNO3S/c20-18-12-14(13-22-16-4-2-1-3-5-16)6-11-19(18)25-26(23,24)17-9-7-15(21)8-10-17/h1-13H. The number of nitrogens with zero attached hydrogens (tertiary/aromatic N) is 1. The minimum atomic E-state index is -3.94. The summed E-state index contributed by atoms with van der Waals surface area (Å²) < 4.78 is 30.4. The highest BCUT2D eigenvalue weighted by molar-refractivity contribution is 9.10. The fourth-order valence-electron chi connectivity index (χ4n) is 2.10. The average Bonchev–Trinajstić information content (AvgIpc) is 2.63. The van der Waals surface area contributed by atoms with Gasteiger partial charge in [0.15, 0.2) is 5.75 Å². The number of aliphatic imine (C=N–C) groups is 1. The molecule has 0 heterocycles. The van der Waals surface area contributed by atoms with Crippen molar-refractivity contribution >= 4 is 49.6 Å². The van der Waals surface area contributed by atoms with Crippen LogP contribution in [0.5, 0.6) is 5.75 Å². The molecule has 4 nitrogen and oxygen atoms in total. The Labute approximate surface area is 165 Å². The van der Waals surface area contributed by atoms with Gasteiger partial charge < -0.3 is 4.18 Å². The minimum Gasteiger partial charge on any atom is -0.378 e. The zero-order valence-electron chi connectivity index (χ0n) is 13.3. The Kier molecular flexibility index (Phi) is 5.76. The maximum atomic E-state index is 12.3. The molecular formula is C19H13BrClNO3S. The number of hydrogen-bond donors (Lipinski definition) is 0. The predicted molar refractivity (Wildman–Crippen MR) is 107 cm³/mol. The molecular weight excluding hydrogens is 438 g/mol. The van der Waals surface area contributed by atoms with Crippen molar-refractivity contribution in [1.29, 1.82) is 0 Å². The van der Waals surface area contributed by atoms with Crippen molar-refractivity contribution in [1.82, 2.24) is 0 Å². The van der Waals surface area contributed by atoms with Crippen LogP contribution in [0, 0.1) is 0 Å². The lowest BCUT2D eigenvalue weighted by molar-refractivity contribution is 0.484. The van der Waals surface area contributed by atoms with E-state index in [1.807, 2.05) is 30.3 Å². The smallest absolute Gasteiger partial charge is 0.339 e. The molecule has 0 aliphatic rings. The third-order valence-corrected chi connectivity index (χ3v) is 5.50. The summed E-state index contributed by atoms with van der Waals surface area (Å²) in [6.45, 7) is 0. The summed E-state index contributed by atoms with van der Waals surface area (Å²) in [6.07, 6.45) is 1.69. The van der Waals surface area contributed by atoms with E-state index in [9.17, 15) is 8.42 Å². The van der Waals surface area contributed by atoms with Crippen LogP contribution in [0.3, 0.4) is 0 Å². The molecule has 0 amide bonds. The van der Waals surface area contributed by atoms with Gasteiger partial charge in [-0.3, -0.25) is 4.99 Å². The van der Waals surface area contributed by atoms with Crippen molar-refractivity contribution in [2.24, 2.45) is 4.99 Å². The molecule has 0 saturated carbocycles. The number of para-hydroxylation sites is 1. The van der Waals surface area contributed by atoms with Gasteiger partial charge >= 0.3 is 10.1 Å². The summed E-state index contributed by atoms with van der Waals surface area (Å²) in [4.78, 5) is 4.39. The molecule has 0 fully saturated rings. The van der Waals surface area contributed by atoms with Crippen molar-refractivity contribution in [3.8, 4) is 5.75 Å².